The van der Waals surface area contributed by atoms with E-state index in [-0.39, 0.29) is 48.9 Å². The number of amides is 1. The lowest BCUT2D eigenvalue weighted by Gasteiger charge is -2.31. The fourth-order valence-electron chi connectivity index (χ4n) is 2.58. The van der Waals surface area contributed by atoms with Gasteiger partial charge in [-0.15, -0.1) is 24.0 Å². The molecule has 0 aromatic carbocycles. The van der Waals surface area contributed by atoms with Gasteiger partial charge in [-0.25, -0.2) is 8.42 Å². The number of piperidine rings is 1. The van der Waals surface area contributed by atoms with Gasteiger partial charge in [0.2, 0.25) is 5.91 Å². The largest absolute Gasteiger partial charge is 0.511 e. The lowest BCUT2D eigenvalue weighted by atomic mass is 9.96. The van der Waals surface area contributed by atoms with Crippen molar-refractivity contribution in [2.75, 3.05) is 39.8 Å². The Morgan fingerprint density at radius 2 is 1.59 bits per heavy atom. The second-order valence-electron chi connectivity index (χ2n) is 7.68. The molecule has 0 bridgehead atoms. The summed E-state index contributed by atoms with van der Waals surface area (Å²) >= 11 is 0. The van der Waals surface area contributed by atoms with Crippen LogP contribution >= 0.6 is 24.0 Å². The van der Waals surface area contributed by atoms with Gasteiger partial charge in [0.05, 0.1) is 0 Å². The second-order valence-corrected chi connectivity index (χ2v) is 9.61. The van der Waals surface area contributed by atoms with Gasteiger partial charge in [0, 0.05) is 45.2 Å². The normalized spacial score (nSPS) is 17.4. The van der Waals surface area contributed by atoms with Crippen LogP contribution in [0.4, 0.5) is 13.2 Å². The van der Waals surface area contributed by atoms with Crippen molar-refractivity contribution >= 4 is 45.9 Å². The number of halogens is 4. The highest BCUT2D eigenvalue weighted by Crippen LogP contribution is 2.30. The van der Waals surface area contributed by atoms with Gasteiger partial charge in [0.15, 0.2) is 5.96 Å². The Labute approximate surface area is 187 Å². The fraction of sp³-hybridized carbons (Fsp3) is 0.875. The number of hydrogen-bond donors (Lipinski definition) is 3. The molecule has 0 saturated carbocycles. The Hall–Kier alpha value is -0.830. The SMILES string of the molecule is CN=C(NCCNC(=O)C(C)(C)C)NCC1CCN(S(=O)(=O)C(F)(F)F)CC1.I. The van der Waals surface area contributed by atoms with Crippen molar-refractivity contribution in [1.82, 2.24) is 20.3 Å². The molecular weight excluding hydrogens is 526 g/mol. The van der Waals surface area contributed by atoms with E-state index in [1.165, 1.54) is 0 Å². The van der Waals surface area contributed by atoms with E-state index in [1.54, 1.807) is 7.05 Å². The Bertz CT molecular complexity index is 658. The van der Waals surface area contributed by atoms with E-state index >= 15 is 0 Å². The van der Waals surface area contributed by atoms with Crippen molar-refractivity contribution in [2.45, 2.75) is 39.1 Å². The van der Waals surface area contributed by atoms with E-state index in [1.807, 2.05) is 20.8 Å². The van der Waals surface area contributed by atoms with Crippen LogP contribution in [-0.4, -0.2) is 69.9 Å². The molecule has 0 radical (unpaired) electrons. The minimum atomic E-state index is -5.26. The van der Waals surface area contributed by atoms with Crippen molar-refractivity contribution < 1.29 is 26.4 Å². The van der Waals surface area contributed by atoms with Crippen molar-refractivity contribution in [1.29, 1.82) is 0 Å². The zero-order valence-corrected chi connectivity index (χ0v) is 20.2. The van der Waals surface area contributed by atoms with Crippen LogP contribution in [0.25, 0.3) is 0 Å². The van der Waals surface area contributed by atoms with Crippen LogP contribution in [0.5, 0.6) is 0 Å². The summed E-state index contributed by atoms with van der Waals surface area (Å²) in [5, 5.41) is 8.92. The highest BCUT2D eigenvalue weighted by molar-refractivity contribution is 14.0. The predicted molar refractivity (Wildman–Crippen MR) is 117 cm³/mol. The molecule has 1 aliphatic rings. The zero-order chi connectivity index (χ0) is 21.6. The van der Waals surface area contributed by atoms with Gasteiger partial charge in [0.25, 0.3) is 0 Å². The highest BCUT2D eigenvalue weighted by atomic mass is 127. The summed E-state index contributed by atoms with van der Waals surface area (Å²) < 4.78 is 61.1. The molecule has 1 saturated heterocycles. The third-order valence-electron chi connectivity index (χ3n) is 4.37. The van der Waals surface area contributed by atoms with Gasteiger partial charge in [0.1, 0.15) is 0 Å². The maximum absolute atomic E-state index is 12.6. The molecule has 1 heterocycles. The average molecular weight is 557 g/mol. The van der Waals surface area contributed by atoms with Crippen LogP contribution in [-0.2, 0) is 14.8 Å². The first-order valence-corrected chi connectivity index (χ1v) is 10.5. The Morgan fingerprint density at radius 1 is 1.07 bits per heavy atom. The number of hydrogen-bond acceptors (Lipinski definition) is 4. The summed E-state index contributed by atoms with van der Waals surface area (Å²) in [6.45, 7) is 6.50. The molecule has 0 aromatic heterocycles. The standard InChI is InChI=1S/C16H30F3N5O3S.HI/c1-15(2,3)13(25)21-7-8-22-14(20-4)23-11-12-5-9-24(10-6-12)28(26,27)16(17,18)19;/h12H,5-11H2,1-4H3,(H,21,25)(H2,20,22,23);1H. The number of nitrogens with one attached hydrogen (secondary N) is 3. The minimum absolute atomic E-state index is 0. The lowest BCUT2D eigenvalue weighted by molar-refractivity contribution is -0.128. The summed E-state index contributed by atoms with van der Waals surface area (Å²) in [5.41, 5.74) is -5.72. The quantitative estimate of drug-likeness (QED) is 0.199. The molecule has 3 N–H and O–H groups in total. The fourth-order valence-corrected chi connectivity index (χ4v) is 3.57. The molecule has 0 unspecified atom stereocenters. The molecule has 8 nitrogen and oxygen atoms in total. The second kappa shape index (κ2) is 11.5. The molecule has 1 amide bonds. The Kier molecular flexibility index (Phi) is 11.2. The Morgan fingerprint density at radius 3 is 2.03 bits per heavy atom. The first-order chi connectivity index (χ1) is 12.8. The molecule has 13 heteroatoms. The number of rotatable bonds is 6. The van der Waals surface area contributed by atoms with E-state index < -0.39 is 20.9 Å². The molecule has 1 rings (SSSR count). The van der Waals surface area contributed by atoms with Crippen molar-refractivity contribution in [3.8, 4) is 0 Å². The van der Waals surface area contributed by atoms with Gasteiger partial charge < -0.3 is 16.0 Å². The summed E-state index contributed by atoms with van der Waals surface area (Å²) in [6, 6.07) is 0. The molecule has 172 valence electrons. The van der Waals surface area contributed by atoms with Crippen molar-refractivity contribution in [2.24, 2.45) is 16.3 Å². The number of aliphatic imine (C=N–C) groups is 1. The Balaban J connectivity index is 0.00000784. The molecule has 0 aliphatic carbocycles. The molecule has 29 heavy (non-hydrogen) atoms. The van der Waals surface area contributed by atoms with Gasteiger partial charge >= 0.3 is 15.5 Å². The van der Waals surface area contributed by atoms with E-state index in [0.29, 0.717) is 42.7 Å². The van der Waals surface area contributed by atoms with Crippen LogP contribution in [0.3, 0.4) is 0 Å². The van der Waals surface area contributed by atoms with E-state index in [2.05, 4.69) is 20.9 Å². The van der Waals surface area contributed by atoms with Crippen molar-refractivity contribution in [3.05, 3.63) is 0 Å². The van der Waals surface area contributed by atoms with E-state index in [4.69, 9.17) is 0 Å². The molecule has 1 aliphatic heterocycles. The molecule has 1 fully saturated rings. The summed E-state index contributed by atoms with van der Waals surface area (Å²) in [7, 11) is -3.66. The van der Waals surface area contributed by atoms with Gasteiger partial charge in [-0.05, 0) is 18.8 Å². The number of sulfonamides is 1. The van der Waals surface area contributed by atoms with E-state index in [0.717, 1.165) is 0 Å². The number of carbonyl (C=O) groups is 1. The molecule has 0 aromatic rings. The predicted octanol–water partition coefficient (Wildman–Crippen LogP) is 1.49. The first kappa shape index (κ1) is 28.2. The van der Waals surface area contributed by atoms with Crippen LogP contribution in [0.2, 0.25) is 0 Å². The number of guanidine groups is 1. The number of alkyl halides is 3. The van der Waals surface area contributed by atoms with E-state index in [9.17, 15) is 26.4 Å². The summed E-state index contributed by atoms with van der Waals surface area (Å²) in [5.74, 6) is 0.493. The maximum atomic E-state index is 12.6. The highest BCUT2D eigenvalue weighted by Gasteiger charge is 2.50. The summed E-state index contributed by atoms with van der Waals surface area (Å²) in [4.78, 5) is 15.8. The maximum Gasteiger partial charge on any atom is 0.511 e. The molecule has 0 atom stereocenters. The van der Waals surface area contributed by atoms with Gasteiger partial charge in [-0.2, -0.15) is 17.5 Å². The minimum Gasteiger partial charge on any atom is -0.356 e. The average Bonchev–Trinajstić information content (AvgIpc) is 2.59. The lowest BCUT2D eigenvalue weighted by Crippen LogP contribution is -2.48. The summed E-state index contributed by atoms with van der Waals surface area (Å²) in [6.07, 6.45) is 0.669. The number of carbonyl (C=O) groups excluding carboxylic acids is 1. The van der Waals surface area contributed by atoms with Crippen LogP contribution in [0.1, 0.15) is 33.6 Å². The van der Waals surface area contributed by atoms with Crippen LogP contribution < -0.4 is 16.0 Å². The smallest absolute Gasteiger partial charge is 0.356 e. The third kappa shape index (κ3) is 8.82. The number of nitrogens with zero attached hydrogens (tertiary/aromatic N) is 2. The first-order valence-electron chi connectivity index (χ1n) is 9.08. The van der Waals surface area contributed by atoms with Gasteiger partial charge in [-0.3, -0.25) is 9.79 Å². The monoisotopic (exact) mass is 557 g/mol. The molecular formula is C16H31F3IN5O3S. The zero-order valence-electron chi connectivity index (χ0n) is 17.1. The third-order valence-corrected chi connectivity index (χ3v) is 6.00. The van der Waals surface area contributed by atoms with Crippen LogP contribution in [0.15, 0.2) is 4.99 Å². The van der Waals surface area contributed by atoms with Crippen LogP contribution in [0, 0.1) is 11.3 Å². The topological polar surface area (TPSA) is 103 Å². The van der Waals surface area contributed by atoms with Gasteiger partial charge in [-0.1, -0.05) is 20.8 Å². The molecule has 0 spiro atoms. The van der Waals surface area contributed by atoms with Crippen molar-refractivity contribution in [3.63, 3.8) is 0 Å².